The zero-order chi connectivity index (χ0) is 9.30. The number of hydrogen-bond acceptors (Lipinski definition) is 0. The molecule has 0 atom stereocenters. The monoisotopic (exact) mass is 185 g/mol. The molecule has 1 rings (SSSR count). The topological polar surface area (TPSA) is 4.93 Å². The second-order valence-corrected chi connectivity index (χ2v) is 3.83. The molecule has 1 aromatic heterocycles. The first-order chi connectivity index (χ1) is 5.57. The van der Waals surface area contributed by atoms with Crippen molar-refractivity contribution in [3.8, 4) is 0 Å². The number of rotatable bonds is 2. The summed E-state index contributed by atoms with van der Waals surface area (Å²) in [5, 5.41) is 0.907. The fourth-order valence-electron chi connectivity index (χ4n) is 1.66. The highest BCUT2D eigenvalue weighted by atomic mass is 35.5. The normalized spacial score (nSPS) is 11.2. The van der Waals surface area contributed by atoms with E-state index in [9.17, 15) is 0 Å². The maximum atomic E-state index is 6.10. The summed E-state index contributed by atoms with van der Waals surface area (Å²) in [6.07, 6.45) is 0. The van der Waals surface area contributed by atoms with Crippen molar-refractivity contribution < 1.29 is 0 Å². The quantitative estimate of drug-likeness (QED) is 0.664. The Balaban J connectivity index is 3.23. The third-order valence-electron chi connectivity index (χ3n) is 2.16. The highest BCUT2D eigenvalue weighted by Gasteiger charge is 2.12. The van der Waals surface area contributed by atoms with E-state index in [1.807, 2.05) is 6.07 Å². The standard InChI is InChI=1S/C10H16ClN/c1-5-12-8(4)6-9(11)10(12)7(2)3/h6-7H,5H2,1-4H3. The van der Waals surface area contributed by atoms with Crippen LogP contribution in [0.4, 0.5) is 0 Å². The maximum Gasteiger partial charge on any atom is 0.0620 e. The molecule has 0 fully saturated rings. The van der Waals surface area contributed by atoms with Crippen LogP contribution in [-0.4, -0.2) is 4.57 Å². The minimum Gasteiger partial charge on any atom is -0.348 e. The van der Waals surface area contributed by atoms with Gasteiger partial charge in [-0.1, -0.05) is 25.4 Å². The largest absolute Gasteiger partial charge is 0.348 e. The second kappa shape index (κ2) is 3.53. The predicted molar refractivity (Wildman–Crippen MR) is 53.9 cm³/mol. The van der Waals surface area contributed by atoms with Gasteiger partial charge in [-0.15, -0.1) is 0 Å². The van der Waals surface area contributed by atoms with Crippen molar-refractivity contribution in [2.24, 2.45) is 0 Å². The molecule has 0 spiro atoms. The zero-order valence-corrected chi connectivity index (χ0v) is 8.94. The Morgan fingerprint density at radius 3 is 2.42 bits per heavy atom. The molecule has 68 valence electrons. The summed E-state index contributed by atoms with van der Waals surface area (Å²) in [6.45, 7) is 9.60. The van der Waals surface area contributed by atoms with Crippen LogP contribution < -0.4 is 0 Å². The van der Waals surface area contributed by atoms with Gasteiger partial charge in [0.05, 0.1) is 5.02 Å². The summed E-state index contributed by atoms with van der Waals surface area (Å²) in [7, 11) is 0. The van der Waals surface area contributed by atoms with Crippen molar-refractivity contribution in [3.63, 3.8) is 0 Å². The molecule has 12 heavy (non-hydrogen) atoms. The van der Waals surface area contributed by atoms with Gasteiger partial charge in [-0.05, 0) is 25.8 Å². The first kappa shape index (κ1) is 9.66. The molecule has 1 nitrogen and oxygen atoms in total. The predicted octanol–water partition coefficient (Wildman–Crippen LogP) is 3.59. The van der Waals surface area contributed by atoms with Gasteiger partial charge < -0.3 is 4.57 Å². The van der Waals surface area contributed by atoms with Crippen LogP contribution >= 0.6 is 11.6 Å². The van der Waals surface area contributed by atoms with Crippen LogP contribution in [0.25, 0.3) is 0 Å². The second-order valence-electron chi connectivity index (χ2n) is 3.42. The zero-order valence-electron chi connectivity index (χ0n) is 8.19. The van der Waals surface area contributed by atoms with Crippen molar-refractivity contribution in [3.05, 3.63) is 22.5 Å². The van der Waals surface area contributed by atoms with Gasteiger partial charge in [0.2, 0.25) is 0 Å². The highest BCUT2D eigenvalue weighted by Crippen LogP contribution is 2.27. The Morgan fingerprint density at radius 2 is 2.08 bits per heavy atom. The van der Waals surface area contributed by atoms with Crippen LogP contribution in [0.15, 0.2) is 6.07 Å². The van der Waals surface area contributed by atoms with E-state index in [1.54, 1.807) is 0 Å². The van der Waals surface area contributed by atoms with Crippen molar-refractivity contribution in [1.82, 2.24) is 4.57 Å². The summed E-state index contributed by atoms with van der Waals surface area (Å²) in [5.41, 5.74) is 2.52. The van der Waals surface area contributed by atoms with Gasteiger partial charge in [-0.2, -0.15) is 0 Å². The average molecular weight is 186 g/mol. The minimum atomic E-state index is 0.506. The van der Waals surface area contributed by atoms with Gasteiger partial charge in [0.25, 0.3) is 0 Å². The Bertz CT molecular complexity index is 274. The molecule has 2 heteroatoms. The van der Waals surface area contributed by atoms with Crippen molar-refractivity contribution in [2.75, 3.05) is 0 Å². The minimum absolute atomic E-state index is 0.506. The lowest BCUT2D eigenvalue weighted by Gasteiger charge is -2.11. The fraction of sp³-hybridized carbons (Fsp3) is 0.600. The summed E-state index contributed by atoms with van der Waals surface area (Å²) in [5.74, 6) is 0.506. The van der Waals surface area contributed by atoms with E-state index in [1.165, 1.54) is 11.4 Å². The molecule has 0 aliphatic carbocycles. The molecular formula is C10H16ClN. The summed E-state index contributed by atoms with van der Waals surface area (Å²) in [6, 6.07) is 2.04. The molecular weight excluding hydrogens is 170 g/mol. The number of halogens is 1. The highest BCUT2D eigenvalue weighted by molar-refractivity contribution is 6.31. The van der Waals surface area contributed by atoms with Crippen LogP contribution in [0.1, 0.15) is 38.1 Å². The number of aryl methyl sites for hydroxylation is 1. The van der Waals surface area contributed by atoms with Gasteiger partial charge in [0.1, 0.15) is 0 Å². The first-order valence-corrected chi connectivity index (χ1v) is 4.81. The van der Waals surface area contributed by atoms with E-state index in [0.29, 0.717) is 5.92 Å². The third-order valence-corrected chi connectivity index (χ3v) is 2.46. The van der Waals surface area contributed by atoms with Crippen molar-refractivity contribution >= 4 is 11.6 Å². The van der Waals surface area contributed by atoms with Crippen LogP contribution in [0.2, 0.25) is 5.02 Å². The van der Waals surface area contributed by atoms with Crippen molar-refractivity contribution in [2.45, 2.75) is 40.2 Å². The molecule has 0 aromatic carbocycles. The van der Waals surface area contributed by atoms with E-state index < -0.39 is 0 Å². The van der Waals surface area contributed by atoms with Gasteiger partial charge in [0, 0.05) is 17.9 Å². The lowest BCUT2D eigenvalue weighted by Crippen LogP contribution is -2.04. The first-order valence-electron chi connectivity index (χ1n) is 4.43. The van der Waals surface area contributed by atoms with Gasteiger partial charge >= 0.3 is 0 Å². The molecule has 1 aromatic rings. The molecule has 0 amide bonds. The van der Waals surface area contributed by atoms with Crippen LogP contribution in [-0.2, 0) is 6.54 Å². The molecule has 0 saturated heterocycles. The molecule has 0 aliphatic rings. The Hall–Kier alpha value is -0.430. The summed E-state index contributed by atoms with van der Waals surface area (Å²) in [4.78, 5) is 0. The van der Waals surface area contributed by atoms with Crippen LogP contribution in [0.3, 0.4) is 0 Å². The smallest absolute Gasteiger partial charge is 0.0620 e. The Morgan fingerprint density at radius 1 is 1.50 bits per heavy atom. The van der Waals surface area contributed by atoms with E-state index in [4.69, 9.17) is 11.6 Å². The fourth-order valence-corrected chi connectivity index (χ4v) is 2.14. The molecule has 0 aliphatic heterocycles. The SMILES string of the molecule is CCn1c(C)cc(Cl)c1C(C)C. The van der Waals surface area contributed by atoms with Crippen LogP contribution in [0.5, 0.6) is 0 Å². The maximum absolute atomic E-state index is 6.10. The molecule has 1 heterocycles. The number of aromatic nitrogens is 1. The van der Waals surface area contributed by atoms with Gasteiger partial charge in [0.15, 0.2) is 0 Å². The van der Waals surface area contributed by atoms with E-state index in [-0.39, 0.29) is 0 Å². The third kappa shape index (κ3) is 1.51. The van der Waals surface area contributed by atoms with E-state index >= 15 is 0 Å². The molecule has 0 bridgehead atoms. The van der Waals surface area contributed by atoms with E-state index in [0.717, 1.165) is 11.6 Å². The van der Waals surface area contributed by atoms with Gasteiger partial charge in [-0.3, -0.25) is 0 Å². The Labute approximate surface area is 79.3 Å². The summed E-state index contributed by atoms with van der Waals surface area (Å²) < 4.78 is 2.27. The molecule has 0 unspecified atom stereocenters. The number of hydrogen-bond donors (Lipinski definition) is 0. The Kier molecular flexibility index (Phi) is 2.84. The van der Waals surface area contributed by atoms with Crippen molar-refractivity contribution in [1.29, 1.82) is 0 Å². The average Bonchev–Trinajstić information content (AvgIpc) is 2.24. The molecule has 0 radical (unpaired) electrons. The van der Waals surface area contributed by atoms with E-state index in [2.05, 4.69) is 32.3 Å². The molecule has 0 saturated carbocycles. The number of nitrogens with zero attached hydrogens (tertiary/aromatic N) is 1. The molecule has 0 N–H and O–H groups in total. The summed E-state index contributed by atoms with van der Waals surface area (Å²) >= 11 is 6.10. The van der Waals surface area contributed by atoms with Gasteiger partial charge in [-0.25, -0.2) is 0 Å². The van der Waals surface area contributed by atoms with Crippen LogP contribution in [0, 0.1) is 6.92 Å². The lowest BCUT2D eigenvalue weighted by atomic mass is 10.1. The lowest BCUT2D eigenvalue weighted by molar-refractivity contribution is 0.658.